The van der Waals surface area contributed by atoms with Gasteiger partial charge in [0, 0.05) is 53.5 Å². The maximum absolute atomic E-state index is 15.5. The predicted octanol–water partition coefficient (Wildman–Crippen LogP) is 4.91. The van der Waals surface area contributed by atoms with E-state index in [1.807, 2.05) is 32.9 Å². The number of fused-ring (bicyclic) bond motifs is 1. The van der Waals surface area contributed by atoms with Crippen LogP contribution in [0.25, 0.3) is 11.1 Å². The molecule has 3 aromatic carbocycles. The molecule has 2 fully saturated rings. The number of rotatable bonds is 12. The number of carbonyl (C=O) groups is 9. The van der Waals surface area contributed by atoms with Gasteiger partial charge >= 0.3 is 5.97 Å². The van der Waals surface area contributed by atoms with Crippen LogP contribution in [0, 0.1) is 23.6 Å². The third-order valence-corrected chi connectivity index (χ3v) is 16.4. The number of amides is 8. The van der Waals surface area contributed by atoms with Gasteiger partial charge < -0.3 is 50.3 Å². The van der Waals surface area contributed by atoms with E-state index >= 15 is 9.59 Å². The van der Waals surface area contributed by atoms with Gasteiger partial charge in [-0.25, -0.2) is 9.18 Å². The van der Waals surface area contributed by atoms with Gasteiger partial charge in [-0.05, 0) is 99.6 Å². The Balaban J connectivity index is 1.67. The Hall–Kier alpha value is -7.22. The predicted molar refractivity (Wildman–Crippen MR) is 308 cm³/mol. The summed E-state index contributed by atoms with van der Waals surface area (Å²) in [5.74, 6) is -8.43. The number of nitrogens with one attached hydrogen (secondary N) is 3. The Morgan fingerprint density at radius 3 is 1.76 bits per heavy atom. The van der Waals surface area contributed by atoms with E-state index in [2.05, 4.69) is 16.0 Å². The van der Waals surface area contributed by atoms with Crippen LogP contribution in [0.3, 0.4) is 0 Å². The van der Waals surface area contributed by atoms with Gasteiger partial charge in [0.1, 0.15) is 48.1 Å². The van der Waals surface area contributed by atoms with E-state index in [4.69, 9.17) is 4.74 Å². The van der Waals surface area contributed by atoms with Crippen LogP contribution >= 0.6 is 0 Å². The highest BCUT2D eigenvalue weighted by molar-refractivity contribution is 5.99. The first-order chi connectivity index (χ1) is 38.5. The minimum absolute atomic E-state index is 0.0508. The zero-order valence-corrected chi connectivity index (χ0v) is 50.2. The summed E-state index contributed by atoms with van der Waals surface area (Å²) in [5, 5.41) is 20.2. The Morgan fingerprint density at radius 1 is 0.622 bits per heavy atom. The fraction of sp³-hybridized carbons (Fsp3) is 0.565. The number of likely N-dealkylation sites (N-methyl/N-ethyl adjacent to an activating group) is 4. The van der Waals surface area contributed by atoms with Crippen molar-refractivity contribution in [3.8, 4) is 11.1 Å². The summed E-state index contributed by atoms with van der Waals surface area (Å²) < 4.78 is 20.1. The van der Waals surface area contributed by atoms with Crippen molar-refractivity contribution < 1.29 is 57.4 Å². The van der Waals surface area contributed by atoms with Crippen molar-refractivity contribution in [2.75, 3.05) is 34.7 Å². The van der Waals surface area contributed by atoms with Crippen LogP contribution in [0.5, 0.6) is 0 Å². The smallest absolute Gasteiger partial charge is 0.332 e. The van der Waals surface area contributed by atoms with E-state index in [0.717, 1.165) is 9.80 Å². The highest BCUT2D eigenvalue weighted by Gasteiger charge is 2.47. The minimum atomic E-state index is -1.98. The Kier molecular flexibility index (Phi) is 22.9. The topological polar surface area (TPSA) is 235 Å². The molecule has 2 aliphatic rings. The zero-order chi connectivity index (χ0) is 61.1. The van der Waals surface area contributed by atoms with E-state index in [1.54, 1.807) is 75.4 Å². The molecule has 8 unspecified atom stereocenters. The van der Waals surface area contributed by atoms with Crippen molar-refractivity contribution in [3.63, 3.8) is 0 Å². The van der Waals surface area contributed by atoms with E-state index in [1.165, 1.54) is 82.7 Å². The second-order valence-corrected chi connectivity index (χ2v) is 23.4. The van der Waals surface area contributed by atoms with Gasteiger partial charge in [-0.15, -0.1) is 0 Å². The number of hydrogen-bond donors (Lipinski definition) is 4. The summed E-state index contributed by atoms with van der Waals surface area (Å²) in [7, 11) is 5.49. The maximum Gasteiger partial charge on any atom is 0.332 e. The highest BCUT2D eigenvalue weighted by atomic mass is 19.1. The molecule has 11 atom stereocenters. The fourth-order valence-corrected chi connectivity index (χ4v) is 10.5. The molecule has 20 heteroatoms. The van der Waals surface area contributed by atoms with Crippen molar-refractivity contribution >= 4 is 53.2 Å². The van der Waals surface area contributed by atoms with Gasteiger partial charge in [0.05, 0.1) is 5.60 Å². The molecule has 0 spiro atoms. The lowest BCUT2D eigenvalue weighted by Crippen LogP contribution is -2.62. The first-order valence-electron chi connectivity index (χ1n) is 28.6. The van der Waals surface area contributed by atoms with Gasteiger partial charge in [0.25, 0.3) is 5.91 Å². The molecule has 8 amide bonds. The summed E-state index contributed by atoms with van der Waals surface area (Å²) in [6.45, 7) is 16.4. The van der Waals surface area contributed by atoms with Crippen molar-refractivity contribution in [1.29, 1.82) is 0 Å². The summed E-state index contributed by atoms with van der Waals surface area (Å²) in [5.41, 5.74) is 0.704. The van der Waals surface area contributed by atoms with Crippen LogP contribution in [0.2, 0.25) is 0 Å². The standard InChI is InChI=1S/C62H87FN8O11/c1-15-37(5)50-59(78)67(11)39(7)53(72)64-46(32-36(3)4)57(76)70(14)52(62(9,10)81)61(80)82-51(38(6)16-2)60(79)68(12)40(8)54(73)65-47(34-41-22-18-17-19-23-41)56(75)69(13)49(58(77)71-31-21-26-48(71)55(74)66-50)35-42-24-20-25-44(33-42)43-27-29-45(63)30-28-43/h17-20,22-25,27-30,33,36-40,46-52,81H,15-16,21,26,31-32,34-35H2,1-14H3,(H,64,72)(H,65,73)(H,66,74)/t37?,38-,39+,40+,46?,47?,48?,49?,50?,51?,52?/m1/s1. The molecule has 0 radical (unpaired) electrons. The maximum atomic E-state index is 15.5. The number of benzene rings is 3. The molecule has 2 heterocycles. The van der Waals surface area contributed by atoms with Crippen molar-refractivity contribution in [2.45, 2.75) is 174 Å². The van der Waals surface area contributed by atoms with Crippen molar-refractivity contribution in [2.24, 2.45) is 17.8 Å². The Labute approximate surface area is 483 Å². The van der Waals surface area contributed by atoms with Gasteiger partial charge in [-0.1, -0.05) is 115 Å². The first kappa shape index (κ1) is 65.6. The lowest BCUT2D eigenvalue weighted by molar-refractivity contribution is -0.177. The van der Waals surface area contributed by atoms with Gasteiger partial charge in [0.2, 0.25) is 41.4 Å². The number of halogens is 1. The SMILES string of the molecule is CCC(C)C1NC(=O)C2CCCN2C(=O)C(Cc2cccc(-c3ccc(F)cc3)c2)N(C)C(=O)C(Cc2ccccc2)NC(=O)[C@H](C)N(C)C(=O)C([C@H](C)CC)OC(=O)C(C(C)(C)O)N(C)C(=O)C(CC(C)C)NC(=O)[C@H](C)N(C)C1=O. The summed E-state index contributed by atoms with van der Waals surface area (Å²) in [6.07, 6.45) is -0.216. The average molecular weight is 1140 g/mol. The van der Waals surface area contributed by atoms with Gasteiger partial charge in [-0.3, -0.25) is 38.4 Å². The Bertz CT molecular complexity index is 2760. The third-order valence-electron chi connectivity index (χ3n) is 16.4. The fourth-order valence-electron chi connectivity index (χ4n) is 10.5. The molecule has 82 heavy (non-hydrogen) atoms. The van der Waals surface area contributed by atoms with Crippen LogP contribution < -0.4 is 16.0 Å². The second-order valence-electron chi connectivity index (χ2n) is 23.4. The van der Waals surface area contributed by atoms with Gasteiger partial charge in [0.15, 0.2) is 12.1 Å². The van der Waals surface area contributed by atoms with Crippen LogP contribution in [-0.4, -0.2) is 178 Å². The molecule has 0 aromatic heterocycles. The second kappa shape index (κ2) is 28.7. The number of nitrogens with zero attached hydrogens (tertiary/aromatic N) is 5. The lowest BCUT2D eigenvalue weighted by atomic mass is 9.94. The van der Waals surface area contributed by atoms with E-state index < -0.39 is 131 Å². The quantitative estimate of drug-likeness (QED) is 0.178. The molecule has 0 bridgehead atoms. The monoisotopic (exact) mass is 1140 g/mol. The Morgan fingerprint density at radius 2 is 1.18 bits per heavy atom. The number of carbonyl (C=O) groups excluding carboxylic acids is 9. The molecule has 2 saturated heterocycles. The van der Waals surface area contributed by atoms with Crippen LogP contribution in [-0.2, 0) is 60.7 Å². The molecular weight excluding hydrogens is 1050 g/mol. The minimum Gasteiger partial charge on any atom is -0.450 e. The van der Waals surface area contributed by atoms with Crippen LogP contribution in [0.1, 0.15) is 112 Å². The normalized spacial score (nSPS) is 25.8. The number of hydrogen-bond acceptors (Lipinski definition) is 11. The third kappa shape index (κ3) is 16.1. The van der Waals surface area contributed by atoms with E-state index in [-0.39, 0.29) is 38.1 Å². The number of esters is 1. The number of ether oxygens (including phenoxy) is 1. The summed E-state index contributed by atoms with van der Waals surface area (Å²) >= 11 is 0. The summed E-state index contributed by atoms with van der Waals surface area (Å²) in [4.78, 5) is 139. The molecule has 5 rings (SSSR count). The molecular formula is C62H87FN8O11. The van der Waals surface area contributed by atoms with Crippen molar-refractivity contribution in [1.82, 2.24) is 40.4 Å². The molecule has 19 nitrogen and oxygen atoms in total. The molecule has 0 aliphatic carbocycles. The molecule has 2 aliphatic heterocycles. The van der Waals surface area contributed by atoms with E-state index in [9.17, 15) is 43.1 Å². The first-order valence-corrected chi connectivity index (χ1v) is 28.6. The van der Waals surface area contributed by atoms with E-state index in [0.29, 0.717) is 41.5 Å². The highest BCUT2D eigenvalue weighted by Crippen LogP contribution is 2.28. The van der Waals surface area contributed by atoms with Gasteiger partial charge in [-0.2, -0.15) is 0 Å². The van der Waals surface area contributed by atoms with Crippen LogP contribution in [0.4, 0.5) is 4.39 Å². The van der Waals surface area contributed by atoms with Crippen molar-refractivity contribution in [3.05, 3.63) is 95.8 Å². The number of cyclic esters (lactones) is 1. The molecule has 4 N–H and O–H groups in total. The average Bonchev–Trinajstić information content (AvgIpc) is 3.98. The van der Waals surface area contributed by atoms with Crippen LogP contribution in [0.15, 0.2) is 78.9 Å². The molecule has 448 valence electrons. The lowest BCUT2D eigenvalue weighted by Gasteiger charge is -2.39. The largest absolute Gasteiger partial charge is 0.450 e. The zero-order valence-electron chi connectivity index (χ0n) is 50.2. The molecule has 3 aromatic rings. The molecule has 0 saturated carbocycles. The summed E-state index contributed by atoms with van der Waals surface area (Å²) in [6, 6.07) is 11.6. The number of aliphatic hydroxyl groups is 1.